The SMILES string of the molecule is C=C1[C@H]([C@H](C#CCC/C=C(\C)CO[Si](C)(C)C(C)(C)C)O[Si](C(C)C)(C(C)C)C(C)C)[C@@H](OCOCC[Si](C)(C)C)C[C@@H](C)[C@]1(C)CS(=O)(=O)c1ccccc1. The predicted octanol–water partition coefficient (Wildman–Crippen LogP) is 12.7. The predicted molar refractivity (Wildman–Crippen MR) is 247 cm³/mol. The van der Waals surface area contributed by atoms with E-state index >= 15 is 0 Å². The maximum Gasteiger partial charge on any atom is 0.202 e. The van der Waals surface area contributed by atoms with E-state index in [1.807, 2.05) is 6.07 Å². The van der Waals surface area contributed by atoms with Gasteiger partial charge in [0.25, 0.3) is 0 Å². The van der Waals surface area contributed by atoms with Gasteiger partial charge in [0.05, 0.1) is 23.4 Å². The molecule has 0 amide bonds. The Kier molecular flexibility index (Phi) is 18.9. The minimum atomic E-state index is -3.62. The molecule has 0 unspecified atom stereocenters. The van der Waals surface area contributed by atoms with Crippen molar-refractivity contribution >= 4 is 34.5 Å². The van der Waals surface area contributed by atoms with Crippen LogP contribution in [0.15, 0.2) is 59.0 Å². The van der Waals surface area contributed by atoms with Crippen molar-refractivity contribution in [2.24, 2.45) is 17.3 Å². The van der Waals surface area contributed by atoms with Crippen LogP contribution in [0.1, 0.15) is 102 Å². The minimum absolute atomic E-state index is 0.0192. The molecule has 0 aliphatic heterocycles. The van der Waals surface area contributed by atoms with Crippen molar-refractivity contribution in [2.75, 3.05) is 25.8 Å². The Balaban J connectivity index is 2.63. The largest absolute Gasteiger partial charge is 0.413 e. The molecule has 1 fully saturated rings. The Morgan fingerprint density at radius 1 is 1.00 bits per heavy atom. The number of hydrogen-bond acceptors (Lipinski definition) is 6. The van der Waals surface area contributed by atoms with E-state index in [2.05, 4.69) is 134 Å². The van der Waals surface area contributed by atoms with Crippen LogP contribution in [0.2, 0.25) is 60.4 Å². The van der Waals surface area contributed by atoms with Crippen LogP contribution in [0.5, 0.6) is 0 Å². The Labute approximate surface area is 348 Å². The molecule has 2 rings (SSSR count). The van der Waals surface area contributed by atoms with Crippen molar-refractivity contribution in [3.05, 3.63) is 54.1 Å². The highest BCUT2D eigenvalue weighted by atomic mass is 32.2. The quantitative estimate of drug-likeness (QED) is 0.0428. The number of ether oxygens (including phenoxy) is 2. The third-order valence-corrected chi connectivity index (χ3v) is 27.2. The summed E-state index contributed by atoms with van der Waals surface area (Å²) >= 11 is 0. The summed E-state index contributed by atoms with van der Waals surface area (Å²) in [5.41, 5.74) is 2.35. The standard InChI is InChI=1S/C46H82O6SSi3/c1-35(2)56(36(3)4,37(5)6)52-42(28-24-19-21-25-38(7)32-51-55(17,18)45(10,11)12)44-40(9)46(13,33-53(47,48)41-26-22-20-23-27-41)39(8)31-43(44)50-34-49-29-30-54(14,15)16/h20,22-23,25-27,35-37,39,42-44H,9,19,21,29-34H2,1-8,10-18H3/b38-25+/t39-,42+,43+,44-,46+/m1/s1. The second kappa shape index (κ2) is 20.8. The summed E-state index contributed by atoms with van der Waals surface area (Å²) in [4.78, 5) is 0.337. The highest BCUT2D eigenvalue weighted by molar-refractivity contribution is 7.91. The molecule has 0 saturated heterocycles. The van der Waals surface area contributed by atoms with Gasteiger partial charge in [0.15, 0.2) is 18.2 Å². The van der Waals surface area contributed by atoms with Gasteiger partial charge in [-0.2, -0.15) is 0 Å². The molecule has 1 aliphatic carbocycles. The number of unbranched alkanes of at least 4 members (excludes halogenated alkanes) is 1. The summed E-state index contributed by atoms with van der Waals surface area (Å²) < 4.78 is 55.1. The average Bonchev–Trinajstić information content (AvgIpc) is 3.06. The molecule has 0 aromatic heterocycles. The molecule has 5 atom stereocenters. The fourth-order valence-corrected chi connectivity index (χ4v) is 17.3. The van der Waals surface area contributed by atoms with E-state index in [-0.39, 0.29) is 35.5 Å². The third-order valence-electron chi connectivity index (χ3n) is 13.0. The molecule has 1 aromatic carbocycles. The van der Waals surface area contributed by atoms with Gasteiger partial charge in [-0.25, -0.2) is 8.42 Å². The van der Waals surface area contributed by atoms with Gasteiger partial charge in [-0.3, -0.25) is 0 Å². The Morgan fingerprint density at radius 2 is 1.57 bits per heavy atom. The summed E-state index contributed by atoms with van der Waals surface area (Å²) in [7, 11) is -9.20. The molecule has 1 aromatic rings. The van der Waals surface area contributed by atoms with Gasteiger partial charge >= 0.3 is 0 Å². The van der Waals surface area contributed by atoms with E-state index in [0.717, 1.165) is 18.0 Å². The topological polar surface area (TPSA) is 71.1 Å². The highest BCUT2D eigenvalue weighted by Gasteiger charge is 2.54. The number of sulfone groups is 1. The molecule has 1 aliphatic rings. The number of benzene rings is 1. The molecular formula is C46H82O6SSi3. The lowest BCUT2D eigenvalue weighted by atomic mass is 9.60. The van der Waals surface area contributed by atoms with Crippen molar-refractivity contribution in [1.82, 2.24) is 0 Å². The molecular weight excluding hydrogens is 765 g/mol. The van der Waals surface area contributed by atoms with Crippen LogP contribution in [0.3, 0.4) is 0 Å². The van der Waals surface area contributed by atoms with Gasteiger partial charge < -0.3 is 18.3 Å². The van der Waals surface area contributed by atoms with Crippen LogP contribution < -0.4 is 0 Å². The fourth-order valence-electron chi connectivity index (χ4n) is 8.09. The maximum atomic E-state index is 14.1. The summed E-state index contributed by atoms with van der Waals surface area (Å²) in [5, 5.41) is 0.165. The van der Waals surface area contributed by atoms with E-state index in [1.165, 1.54) is 5.57 Å². The summed E-state index contributed by atoms with van der Waals surface area (Å²) in [6, 6.07) is 9.86. The molecule has 0 radical (unpaired) electrons. The molecule has 0 heterocycles. The van der Waals surface area contributed by atoms with E-state index in [0.29, 0.717) is 47.6 Å². The second-order valence-corrected chi connectivity index (χ2v) is 38.4. The lowest BCUT2D eigenvalue weighted by Gasteiger charge is -2.52. The molecule has 0 N–H and O–H groups in total. The van der Waals surface area contributed by atoms with Gasteiger partial charge in [0, 0.05) is 32.4 Å². The molecule has 320 valence electrons. The van der Waals surface area contributed by atoms with Gasteiger partial charge in [0.2, 0.25) is 8.32 Å². The Bertz CT molecular complexity index is 1570. The van der Waals surface area contributed by atoms with Crippen molar-refractivity contribution in [2.45, 2.75) is 180 Å². The number of hydrogen-bond donors (Lipinski definition) is 0. The lowest BCUT2D eigenvalue weighted by Crippen LogP contribution is -2.56. The Morgan fingerprint density at radius 3 is 2.09 bits per heavy atom. The van der Waals surface area contributed by atoms with Crippen LogP contribution in [-0.4, -0.2) is 71.1 Å². The summed E-state index contributed by atoms with van der Waals surface area (Å²) in [5.74, 6) is 6.82. The molecule has 6 nitrogen and oxygen atoms in total. The van der Waals surface area contributed by atoms with Crippen molar-refractivity contribution in [1.29, 1.82) is 0 Å². The van der Waals surface area contributed by atoms with E-state index in [4.69, 9.17) is 24.9 Å². The monoisotopic (exact) mass is 847 g/mol. The first-order valence-corrected chi connectivity index (χ1v) is 31.7. The zero-order chi connectivity index (χ0) is 42.9. The zero-order valence-corrected chi connectivity index (χ0v) is 42.5. The van der Waals surface area contributed by atoms with Gasteiger partial charge in [-0.1, -0.05) is 144 Å². The van der Waals surface area contributed by atoms with Crippen molar-refractivity contribution in [3.63, 3.8) is 0 Å². The molecule has 10 heteroatoms. The average molecular weight is 847 g/mol. The zero-order valence-electron chi connectivity index (χ0n) is 38.7. The first-order chi connectivity index (χ1) is 25.6. The normalized spacial score (nSPS) is 22.5. The highest BCUT2D eigenvalue weighted by Crippen LogP contribution is 2.52. The van der Waals surface area contributed by atoms with Gasteiger partial charge in [-0.05, 0) is 78.6 Å². The first kappa shape index (κ1) is 50.8. The summed E-state index contributed by atoms with van der Waals surface area (Å²) in [6.45, 7) is 44.8. The van der Waals surface area contributed by atoms with Crippen molar-refractivity contribution < 1.29 is 26.7 Å². The van der Waals surface area contributed by atoms with Gasteiger partial charge in [-0.15, -0.1) is 5.92 Å². The summed E-state index contributed by atoms with van der Waals surface area (Å²) in [6.07, 6.45) is 3.60. The maximum absolute atomic E-state index is 14.1. The molecule has 1 saturated carbocycles. The third kappa shape index (κ3) is 13.6. The number of allylic oxidation sites excluding steroid dienone is 1. The van der Waals surface area contributed by atoms with Crippen LogP contribution in [0, 0.1) is 29.1 Å². The van der Waals surface area contributed by atoms with Gasteiger partial charge in [0.1, 0.15) is 12.9 Å². The van der Waals surface area contributed by atoms with Crippen LogP contribution >= 0.6 is 0 Å². The molecule has 0 spiro atoms. The second-order valence-electron chi connectivity index (χ2n) is 20.5. The first-order valence-electron chi connectivity index (χ1n) is 21.2. The van der Waals surface area contributed by atoms with Crippen LogP contribution in [0.25, 0.3) is 0 Å². The van der Waals surface area contributed by atoms with E-state index in [9.17, 15) is 8.42 Å². The van der Waals surface area contributed by atoms with Crippen LogP contribution in [0.4, 0.5) is 0 Å². The molecule has 56 heavy (non-hydrogen) atoms. The smallest absolute Gasteiger partial charge is 0.202 e. The number of rotatable bonds is 20. The van der Waals surface area contributed by atoms with E-state index in [1.54, 1.807) is 24.3 Å². The molecule has 0 bridgehead atoms. The Hall–Kier alpha value is -1.30. The lowest BCUT2D eigenvalue weighted by molar-refractivity contribution is -0.129. The minimum Gasteiger partial charge on any atom is -0.413 e. The van der Waals surface area contributed by atoms with Crippen molar-refractivity contribution in [3.8, 4) is 11.8 Å². The van der Waals surface area contributed by atoms with E-state index < -0.39 is 46.1 Å². The fraction of sp³-hybridized carbons (Fsp3) is 0.739. The van der Waals surface area contributed by atoms with Crippen LogP contribution in [-0.2, 0) is 28.2 Å².